The summed E-state index contributed by atoms with van der Waals surface area (Å²) in [7, 11) is 0. The van der Waals surface area contributed by atoms with Gasteiger partial charge in [-0.2, -0.15) is 0 Å². The molecule has 2 aromatic carbocycles. The molecule has 2 N–H and O–H groups in total. The van der Waals surface area contributed by atoms with E-state index in [-0.39, 0.29) is 6.42 Å². The van der Waals surface area contributed by atoms with Crippen molar-refractivity contribution in [3.63, 3.8) is 0 Å². The Hall–Kier alpha value is -2.04. The number of hydrogen-bond acceptors (Lipinski definition) is 2. The van der Waals surface area contributed by atoms with Crippen LogP contribution in [0.5, 0.6) is 0 Å². The van der Waals surface area contributed by atoms with Crippen molar-refractivity contribution in [2.75, 3.05) is 0 Å². The zero-order valence-electron chi connectivity index (χ0n) is 15.5. The van der Waals surface area contributed by atoms with Crippen LogP contribution < -0.4 is 0 Å². The Morgan fingerprint density at radius 2 is 1.21 bits per heavy atom. The van der Waals surface area contributed by atoms with E-state index in [1.807, 2.05) is 0 Å². The molecule has 0 aliphatic carbocycles. The zero-order chi connectivity index (χ0) is 20.6. The van der Waals surface area contributed by atoms with Gasteiger partial charge < -0.3 is 10.2 Å². The molecule has 0 spiro atoms. The van der Waals surface area contributed by atoms with Crippen molar-refractivity contribution in [1.82, 2.24) is 0 Å². The molecule has 0 heterocycles. The SMILES string of the molecule is O=C(O)CCCCCCCC(C(=O)O)(c1ccccc1Cl)c1ccccc1Cl. The normalized spacial score (nSPS) is 11.4. The highest BCUT2D eigenvalue weighted by atomic mass is 35.5. The van der Waals surface area contributed by atoms with Gasteiger partial charge in [0.1, 0.15) is 5.41 Å². The first kappa shape index (κ1) is 22.3. The number of aliphatic carboxylic acids is 2. The lowest BCUT2D eigenvalue weighted by atomic mass is 9.71. The number of hydrogen-bond donors (Lipinski definition) is 2. The topological polar surface area (TPSA) is 74.6 Å². The predicted molar refractivity (Wildman–Crippen MR) is 111 cm³/mol. The van der Waals surface area contributed by atoms with Crippen LogP contribution in [0, 0.1) is 0 Å². The van der Waals surface area contributed by atoms with Crippen LogP contribution >= 0.6 is 23.2 Å². The monoisotopic (exact) mass is 422 g/mol. The van der Waals surface area contributed by atoms with Gasteiger partial charge in [0.2, 0.25) is 0 Å². The van der Waals surface area contributed by atoms with E-state index in [4.69, 9.17) is 28.3 Å². The maximum Gasteiger partial charge on any atom is 0.318 e. The zero-order valence-corrected chi connectivity index (χ0v) is 17.0. The molecule has 0 amide bonds. The van der Waals surface area contributed by atoms with Crippen molar-refractivity contribution in [3.8, 4) is 0 Å². The van der Waals surface area contributed by atoms with Crippen molar-refractivity contribution in [1.29, 1.82) is 0 Å². The molecule has 0 bridgehead atoms. The lowest BCUT2D eigenvalue weighted by Crippen LogP contribution is -2.38. The van der Waals surface area contributed by atoms with E-state index in [0.29, 0.717) is 40.4 Å². The van der Waals surface area contributed by atoms with Crippen molar-refractivity contribution in [2.24, 2.45) is 0 Å². The maximum absolute atomic E-state index is 12.6. The molecule has 0 aromatic heterocycles. The average molecular weight is 423 g/mol. The van der Waals surface area contributed by atoms with E-state index in [0.717, 1.165) is 19.3 Å². The van der Waals surface area contributed by atoms with Gasteiger partial charge in [-0.3, -0.25) is 9.59 Å². The standard InChI is InChI=1S/C22H24Cl2O4/c23-18-12-7-5-10-16(18)22(21(27)28,17-11-6-8-13-19(17)24)15-9-3-1-2-4-14-20(25)26/h5-8,10-13H,1-4,9,14-15H2,(H,25,26)(H,27,28). The first-order chi connectivity index (χ1) is 13.4. The Morgan fingerprint density at radius 1 is 0.750 bits per heavy atom. The third kappa shape index (κ3) is 5.27. The minimum atomic E-state index is -1.34. The Kier molecular flexibility index (Phi) is 8.34. The van der Waals surface area contributed by atoms with Crippen molar-refractivity contribution in [3.05, 3.63) is 69.7 Å². The van der Waals surface area contributed by atoms with E-state index >= 15 is 0 Å². The highest BCUT2D eigenvalue weighted by Gasteiger charge is 2.44. The Bertz CT molecular complexity index is 774. The first-order valence-corrected chi connectivity index (χ1v) is 10.1. The van der Waals surface area contributed by atoms with Gasteiger partial charge in [-0.1, -0.05) is 85.3 Å². The van der Waals surface area contributed by atoms with Gasteiger partial charge in [0.15, 0.2) is 0 Å². The van der Waals surface area contributed by atoms with Gasteiger partial charge in [-0.25, -0.2) is 0 Å². The Balaban J connectivity index is 2.27. The number of halogens is 2. The fourth-order valence-electron chi connectivity index (χ4n) is 3.56. The molecule has 28 heavy (non-hydrogen) atoms. The van der Waals surface area contributed by atoms with Crippen LogP contribution in [-0.4, -0.2) is 22.2 Å². The van der Waals surface area contributed by atoms with E-state index in [2.05, 4.69) is 0 Å². The molecule has 0 saturated heterocycles. The van der Waals surface area contributed by atoms with Crippen molar-refractivity contribution >= 4 is 35.1 Å². The smallest absolute Gasteiger partial charge is 0.318 e. The van der Waals surface area contributed by atoms with Crippen LogP contribution in [0.1, 0.15) is 56.1 Å². The number of carbonyl (C=O) groups is 2. The molecule has 2 rings (SSSR count). The van der Waals surface area contributed by atoms with Gasteiger partial charge in [-0.05, 0) is 36.1 Å². The van der Waals surface area contributed by atoms with Crippen LogP contribution in [0.15, 0.2) is 48.5 Å². The van der Waals surface area contributed by atoms with Crippen LogP contribution in [-0.2, 0) is 15.0 Å². The van der Waals surface area contributed by atoms with Crippen LogP contribution in [0.2, 0.25) is 10.0 Å². The van der Waals surface area contributed by atoms with Gasteiger partial charge >= 0.3 is 11.9 Å². The average Bonchev–Trinajstić information content (AvgIpc) is 2.65. The fraction of sp³-hybridized carbons (Fsp3) is 0.364. The molecule has 6 heteroatoms. The highest BCUT2D eigenvalue weighted by Crippen LogP contribution is 2.43. The number of rotatable bonds is 11. The Morgan fingerprint density at radius 3 is 1.68 bits per heavy atom. The second kappa shape index (κ2) is 10.5. The molecule has 0 unspecified atom stereocenters. The summed E-state index contributed by atoms with van der Waals surface area (Å²) in [5.41, 5.74) is -0.274. The third-order valence-electron chi connectivity index (χ3n) is 4.97. The van der Waals surface area contributed by atoms with E-state index in [1.165, 1.54) is 0 Å². The van der Waals surface area contributed by atoms with Crippen LogP contribution in [0.25, 0.3) is 0 Å². The summed E-state index contributed by atoms with van der Waals surface area (Å²) < 4.78 is 0. The van der Waals surface area contributed by atoms with Crippen LogP contribution in [0.4, 0.5) is 0 Å². The van der Waals surface area contributed by atoms with E-state index < -0.39 is 17.4 Å². The molecule has 0 saturated carbocycles. The summed E-state index contributed by atoms with van der Waals surface area (Å²) in [6.45, 7) is 0. The summed E-state index contributed by atoms with van der Waals surface area (Å²) in [6.07, 6.45) is 4.29. The second-order valence-electron chi connectivity index (χ2n) is 6.83. The minimum Gasteiger partial charge on any atom is -0.481 e. The predicted octanol–water partition coefficient (Wildman–Crippen LogP) is 6.18. The molecule has 0 atom stereocenters. The number of benzene rings is 2. The second-order valence-corrected chi connectivity index (χ2v) is 7.65. The summed E-state index contributed by atoms with van der Waals surface area (Å²) in [5.74, 6) is -1.78. The Labute approximate surface area is 175 Å². The lowest BCUT2D eigenvalue weighted by molar-refractivity contribution is -0.142. The molecule has 2 aromatic rings. The first-order valence-electron chi connectivity index (χ1n) is 9.35. The van der Waals surface area contributed by atoms with E-state index in [9.17, 15) is 14.7 Å². The van der Waals surface area contributed by atoms with Gasteiger partial charge in [0.05, 0.1) is 0 Å². The van der Waals surface area contributed by atoms with Gasteiger partial charge in [0.25, 0.3) is 0 Å². The summed E-state index contributed by atoms with van der Waals surface area (Å²) >= 11 is 12.8. The minimum absolute atomic E-state index is 0.165. The van der Waals surface area contributed by atoms with Gasteiger partial charge in [0, 0.05) is 16.5 Å². The van der Waals surface area contributed by atoms with Crippen LogP contribution in [0.3, 0.4) is 0 Å². The highest BCUT2D eigenvalue weighted by molar-refractivity contribution is 6.33. The fourth-order valence-corrected chi connectivity index (χ4v) is 4.16. The summed E-state index contributed by atoms with van der Waals surface area (Å²) in [4.78, 5) is 23.2. The van der Waals surface area contributed by atoms with Gasteiger partial charge in [-0.15, -0.1) is 0 Å². The summed E-state index contributed by atoms with van der Waals surface area (Å²) in [6, 6.07) is 14.0. The maximum atomic E-state index is 12.6. The number of unbranched alkanes of at least 4 members (excludes halogenated alkanes) is 4. The largest absolute Gasteiger partial charge is 0.481 e. The number of carboxylic acids is 2. The lowest BCUT2D eigenvalue weighted by Gasteiger charge is -2.32. The molecular weight excluding hydrogens is 399 g/mol. The third-order valence-corrected chi connectivity index (χ3v) is 5.63. The molecule has 0 aliphatic rings. The molecule has 150 valence electrons. The molecular formula is C22H24Cl2O4. The quantitative estimate of drug-likeness (QED) is 0.423. The van der Waals surface area contributed by atoms with Crippen molar-refractivity contribution in [2.45, 2.75) is 50.4 Å². The van der Waals surface area contributed by atoms with Crippen molar-refractivity contribution < 1.29 is 19.8 Å². The molecule has 0 fully saturated rings. The number of carboxylic acid groups (broad SMARTS) is 2. The summed E-state index contributed by atoms with van der Waals surface area (Å²) in [5, 5.41) is 19.8. The molecule has 0 radical (unpaired) electrons. The van der Waals surface area contributed by atoms with E-state index in [1.54, 1.807) is 48.5 Å². The molecule has 0 aliphatic heterocycles. The molecule has 4 nitrogen and oxygen atoms in total.